The van der Waals surface area contributed by atoms with Crippen molar-refractivity contribution in [2.45, 2.75) is 31.3 Å². The minimum Gasteiger partial charge on any atom is -0.490 e. The third-order valence-electron chi connectivity index (χ3n) is 6.04. The van der Waals surface area contributed by atoms with Crippen LogP contribution in [0.2, 0.25) is 5.02 Å². The Morgan fingerprint density at radius 2 is 1.75 bits per heavy atom. The van der Waals surface area contributed by atoms with Crippen LogP contribution < -0.4 is 4.74 Å². The average molecular weight is 457 g/mol. The summed E-state index contributed by atoms with van der Waals surface area (Å²) in [6.45, 7) is 2.83. The summed E-state index contributed by atoms with van der Waals surface area (Å²) < 4.78 is 12.2. The second-order valence-electron chi connectivity index (χ2n) is 8.49. The van der Waals surface area contributed by atoms with E-state index in [2.05, 4.69) is 0 Å². The molecule has 2 aromatic rings. The van der Waals surface area contributed by atoms with Crippen LogP contribution in [0.15, 0.2) is 54.6 Å². The second-order valence-corrected chi connectivity index (χ2v) is 8.92. The lowest BCUT2D eigenvalue weighted by Gasteiger charge is -2.43. The predicted molar refractivity (Wildman–Crippen MR) is 123 cm³/mol. The first-order chi connectivity index (χ1) is 15.5. The minimum absolute atomic E-state index is 0.0494. The number of benzene rings is 2. The minimum atomic E-state index is -0.917. The Kier molecular flexibility index (Phi) is 7.33. The van der Waals surface area contributed by atoms with Gasteiger partial charge in [-0.25, -0.2) is 0 Å². The normalized spacial score (nSPS) is 21.3. The summed E-state index contributed by atoms with van der Waals surface area (Å²) in [5.41, 5.74) is -0.291. The molecule has 0 spiro atoms. The van der Waals surface area contributed by atoms with Crippen molar-refractivity contribution >= 4 is 23.4 Å². The molecular formula is C25H29ClN2O4. The molecule has 32 heavy (non-hydrogen) atoms. The molecule has 0 aliphatic carbocycles. The van der Waals surface area contributed by atoms with E-state index in [1.165, 1.54) is 0 Å². The first kappa shape index (κ1) is 22.6. The van der Waals surface area contributed by atoms with Crippen LogP contribution in [0.1, 0.15) is 36.0 Å². The highest BCUT2D eigenvalue weighted by Gasteiger charge is 2.42. The second kappa shape index (κ2) is 10.4. The van der Waals surface area contributed by atoms with Crippen molar-refractivity contribution in [2.24, 2.45) is 0 Å². The van der Waals surface area contributed by atoms with Crippen LogP contribution >= 0.6 is 11.6 Å². The number of amides is 2. The van der Waals surface area contributed by atoms with Crippen LogP contribution in [0.3, 0.4) is 0 Å². The predicted octanol–water partition coefficient (Wildman–Crippen LogP) is 4.03. The molecule has 2 aliphatic heterocycles. The number of likely N-dealkylation sites (tertiary alicyclic amines) is 1. The standard InChI is InChI=1S/C25H29ClN2O4/c26-21-10-7-11-22(16-21)31-19-25(17-23(29)27-12-5-2-6-13-27)18-28(14-15-32-25)24(30)20-8-3-1-4-9-20/h1,3-4,7-11,16H,2,5-6,12-15,17-19H2/t25-/m1/s1. The van der Waals surface area contributed by atoms with Gasteiger partial charge in [0.2, 0.25) is 5.91 Å². The monoisotopic (exact) mass is 456 g/mol. The number of carbonyl (C=O) groups excluding carboxylic acids is 2. The zero-order chi connectivity index (χ0) is 22.4. The van der Waals surface area contributed by atoms with Crippen LogP contribution in [0.5, 0.6) is 5.75 Å². The van der Waals surface area contributed by atoms with Gasteiger partial charge < -0.3 is 19.3 Å². The number of hydrogen-bond acceptors (Lipinski definition) is 4. The lowest BCUT2D eigenvalue weighted by molar-refractivity contribution is -0.153. The molecule has 2 heterocycles. The summed E-state index contributed by atoms with van der Waals surface area (Å²) >= 11 is 6.09. The van der Waals surface area contributed by atoms with Gasteiger partial charge in [-0.2, -0.15) is 0 Å². The fourth-order valence-electron chi connectivity index (χ4n) is 4.33. The molecule has 2 aliphatic rings. The molecule has 0 N–H and O–H groups in total. The van der Waals surface area contributed by atoms with Gasteiger partial charge in [-0.05, 0) is 49.6 Å². The molecule has 2 amide bonds. The van der Waals surface area contributed by atoms with Crippen LogP contribution in [0.25, 0.3) is 0 Å². The van der Waals surface area contributed by atoms with E-state index in [9.17, 15) is 9.59 Å². The van der Waals surface area contributed by atoms with Crippen molar-refractivity contribution in [1.82, 2.24) is 9.80 Å². The maximum Gasteiger partial charge on any atom is 0.254 e. The van der Waals surface area contributed by atoms with Crippen molar-refractivity contribution in [1.29, 1.82) is 0 Å². The van der Waals surface area contributed by atoms with E-state index < -0.39 is 5.60 Å². The number of ether oxygens (including phenoxy) is 2. The third-order valence-corrected chi connectivity index (χ3v) is 6.27. The van der Waals surface area contributed by atoms with Gasteiger partial charge >= 0.3 is 0 Å². The Labute approximate surface area is 194 Å². The number of nitrogens with zero attached hydrogens (tertiary/aromatic N) is 2. The quantitative estimate of drug-likeness (QED) is 0.658. The van der Waals surface area contributed by atoms with E-state index in [4.69, 9.17) is 21.1 Å². The molecule has 6 nitrogen and oxygen atoms in total. The van der Waals surface area contributed by atoms with Crippen LogP contribution in [0.4, 0.5) is 0 Å². The number of piperidine rings is 1. The van der Waals surface area contributed by atoms with Crippen LogP contribution in [0, 0.1) is 0 Å². The molecule has 4 rings (SSSR count). The Hall–Kier alpha value is -2.57. The number of halogens is 1. The molecule has 2 fully saturated rings. The van der Waals surface area contributed by atoms with Crippen molar-refractivity contribution < 1.29 is 19.1 Å². The van der Waals surface area contributed by atoms with E-state index in [-0.39, 0.29) is 24.8 Å². The van der Waals surface area contributed by atoms with Gasteiger partial charge in [-0.3, -0.25) is 9.59 Å². The highest BCUT2D eigenvalue weighted by molar-refractivity contribution is 6.30. The first-order valence-corrected chi connectivity index (χ1v) is 11.6. The van der Waals surface area contributed by atoms with E-state index in [1.54, 1.807) is 29.2 Å². The largest absolute Gasteiger partial charge is 0.490 e. The molecule has 7 heteroatoms. The average Bonchev–Trinajstić information content (AvgIpc) is 2.84. The smallest absolute Gasteiger partial charge is 0.254 e. The van der Waals surface area contributed by atoms with Gasteiger partial charge in [0.15, 0.2) is 0 Å². The summed E-state index contributed by atoms with van der Waals surface area (Å²) in [5, 5.41) is 0.575. The van der Waals surface area contributed by atoms with Gasteiger partial charge in [-0.1, -0.05) is 35.9 Å². The van der Waals surface area contributed by atoms with Crippen molar-refractivity contribution in [3.8, 4) is 5.75 Å². The summed E-state index contributed by atoms with van der Waals surface area (Å²) in [6, 6.07) is 16.3. The highest BCUT2D eigenvalue weighted by Crippen LogP contribution is 2.28. The van der Waals surface area contributed by atoms with Crippen LogP contribution in [-0.2, 0) is 9.53 Å². The van der Waals surface area contributed by atoms with Gasteiger partial charge in [0, 0.05) is 30.2 Å². The van der Waals surface area contributed by atoms with Crippen molar-refractivity contribution in [2.75, 3.05) is 39.4 Å². The Balaban J connectivity index is 1.52. The first-order valence-electron chi connectivity index (χ1n) is 11.2. The summed E-state index contributed by atoms with van der Waals surface area (Å²) in [7, 11) is 0. The zero-order valence-corrected chi connectivity index (χ0v) is 18.9. The molecule has 0 radical (unpaired) electrons. The molecule has 1 atom stereocenters. The van der Waals surface area contributed by atoms with Crippen molar-refractivity contribution in [3.63, 3.8) is 0 Å². The molecule has 0 bridgehead atoms. The van der Waals surface area contributed by atoms with E-state index in [0.717, 1.165) is 32.4 Å². The fourth-order valence-corrected chi connectivity index (χ4v) is 4.51. The Bertz CT molecular complexity index is 933. The van der Waals surface area contributed by atoms with Gasteiger partial charge in [-0.15, -0.1) is 0 Å². The Morgan fingerprint density at radius 1 is 0.969 bits per heavy atom. The maximum atomic E-state index is 13.1. The molecule has 0 saturated carbocycles. The molecular weight excluding hydrogens is 428 g/mol. The van der Waals surface area contributed by atoms with E-state index in [0.29, 0.717) is 36.0 Å². The number of carbonyl (C=O) groups is 2. The van der Waals surface area contributed by atoms with Gasteiger partial charge in [0.25, 0.3) is 5.91 Å². The number of hydrogen-bond donors (Lipinski definition) is 0. The molecule has 170 valence electrons. The third kappa shape index (κ3) is 5.61. The van der Waals surface area contributed by atoms with Gasteiger partial charge in [0.05, 0.1) is 19.6 Å². The zero-order valence-electron chi connectivity index (χ0n) is 18.2. The van der Waals surface area contributed by atoms with Gasteiger partial charge in [0.1, 0.15) is 18.0 Å². The topological polar surface area (TPSA) is 59.1 Å². The highest BCUT2D eigenvalue weighted by atomic mass is 35.5. The lowest BCUT2D eigenvalue weighted by atomic mass is 9.95. The maximum absolute atomic E-state index is 13.1. The summed E-state index contributed by atoms with van der Waals surface area (Å²) in [5.74, 6) is 0.595. The number of rotatable bonds is 6. The molecule has 0 unspecified atom stereocenters. The Morgan fingerprint density at radius 3 is 2.50 bits per heavy atom. The molecule has 2 aromatic carbocycles. The molecule has 0 aromatic heterocycles. The SMILES string of the molecule is O=C(C[C@]1(COc2cccc(Cl)c2)CN(C(=O)c2ccccc2)CCO1)N1CCCCC1. The summed E-state index contributed by atoms with van der Waals surface area (Å²) in [4.78, 5) is 29.9. The lowest BCUT2D eigenvalue weighted by Crippen LogP contribution is -2.58. The summed E-state index contributed by atoms with van der Waals surface area (Å²) in [6.07, 6.45) is 3.38. The molecule has 2 saturated heterocycles. The van der Waals surface area contributed by atoms with E-state index in [1.807, 2.05) is 35.2 Å². The van der Waals surface area contributed by atoms with Crippen LogP contribution in [-0.4, -0.2) is 66.6 Å². The van der Waals surface area contributed by atoms with Crippen molar-refractivity contribution in [3.05, 3.63) is 65.2 Å². The van der Waals surface area contributed by atoms with E-state index >= 15 is 0 Å². The number of morpholine rings is 1. The fraction of sp³-hybridized carbons (Fsp3) is 0.440.